The van der Waals surface area contributed by atoms with Crippen LogP contribution in [-0.2, 0) is 9.53 Å². The highest BCUT2D eigenvalue weighted by molar-refractivity contribution is 5.79. The standard InChI is InChI=1S/C13H24N2O2/c1-3-12-9-17-10(2)8-15(12)13(16)11-5-4-6-14-7-11/h10-12,14H,3-9H2,1-2H3/t10?,11-,12?/m1/s1. The Morgan fingerprint density at radius 2 is 2.35 bits per heavy atom. The highest BCUT2D eigenvalue weighted by Gasteiger charge is 2.33. The van der Waals surface area contributed by atoms with E-state index in [1.54, 1.807) is 0 Å². The Balaban J connectivity index is 1.99. The van der Waals surface area contributed by atoms with Crippen LogP contribution >= 0.6 is 0 Å². The summed E-state index contributed by atoms with van der Waals surface area (Å²) in [4.78, 5) is 14.6. The van der Waals surface area contributed by atoms with E-state index < -0.39 is 0 Å². The molecule has 0 aliphatic carbocycles. The first-order valence-electron chi connectivity index (χ1n) is 6.85. The van der Waals surface area contributed by atoms with Crippen molar-refractivity contribution in [3.63, 3.8) is 0 Å². The van der Waals surface area contributed by atoms with Gasteiger partial charge in [0.15, 0.2) is 0 Å². The highest BCUT2D eigenvalue weighted by Crippen LogP contribution is 2.20. The number of nitrogens with zero attached hydrogens (tertiary/aromatic N) is 1. The molecule has 2 saturated heterocycles. The fraction of sp³-hybridized carbons (Fsp3) is 0.923. The number of carbonyl (C=O) groups excluding carboxylic acids is 1. The summed E-state index contributed by atoms with van der Waals surface area (Å²) in [5.41, 5.74) is 0. The third kappa shape index (κ3) is 2.99. The molecule has 0 radical (unpaired) electrons. The lowest BCUT2D eigenvalue weighted by Crippen LogP contribution is -2.54. The number of carbonyl (C=O) groups is 1. The maximum absolute atomic E-state index is 12.5. The molecule has 4 heteroatoms. The summed E-state index contributed by atoms with van der Waals surface area (Å²) in [6.07, 6.45) is 3.32. The van der Waals surface area contributed by atoms with E-state index in [1.807, 2.05) is 6.92 Å². The minimum Gasteiger partial charge on any atom is -0.375 e. The monoisotopic (exact) mass is 240 g/mol. The number of amides is 1. The Hall–Kier alpha value is -0.610. The molecule has 1 N–H and O–H groups in total. The molecule has 0 aromatic carbocycles. The van der Waals surface area contributed by atoms with E-state index in [0.717, 1.165) is 38.9 Å². The van der Waals surface area contributed by atoms with Gasteiger partial charge in [0.25, 0.3) is 0 Å². The minimum atomic E-state index is 0.179. The molecule has 0 spiro atoms. The number of hydrogen-bond donors (Lipinski definition) is 1. The van der Waals surface area contributed by atoms with Crippen LogP contribution < -0.4 is 5.32 Å². The second-order valence-corrected chi connectivity index (χ2v) is 5.24. The molecular formula is C13H24N2O2. The largest absolute Gasteiger partial charge is 0.375 e. The zero-order chi connectivity index (χ0) is 12.3. The lowest BCUT2D eigenvalue weighted by Gasteiger charge is -2.40. The van der Waals surface area contributed by atoms with Gasteiger partial charge in [0.2, 0.25) is 5.91 Å². The molecule has 2 fully saturated rings. The van der Waals surface area contributed by atoms with Crippen LogP contribution in [0.25, 0.3) is 0 Å². The maximum atomic E-state index is 12.5. The predicted molar refractivity (Wildman–Crippen MR) is 66.8 cm³/mol. The Morgan fingerprint density at radius 3 is 3.00 bits per heavy atom. The normalized spacial score (nSPS) is 34.7. The number of ether oxygens (including phenoxy) is 1. The van der Waals surface area contributed by atoms with Gasteiger partial charge in [-0.1, -0.05) is 6.92 Å². The Bertz CT molecular complexity index is 264. The zero-order valence-corrected chi connectivity index (χ0v) is 10.9. The average molecular weight is 240 g/mol. The van der Waals surface area contributed by atoms with Crippen LogP contribution in [0.3, 0.4) is 0 Å². The SMILES string of the molecule is CCC1COC(C)CN1C(=O)[C@@H]1CCCNC1. The first-order chi connectivity index (χ1) is 8.22. The smallest absolute Gasteiger partial charge is 0.227 e. The molecule has 1 amide bonds. The van der Waals surface area contributed by atoms with Crippen LogP contribution in [-0.4, -0.2) is 49.2 Å². The predicted octanol–water partition coefficient (Wildman–Crippen LogP) is 1.01. The molecule has 0 aromatic rings. The van der Waals surface area contributed by atoms with Gasteiger partial charge >= 0.3 is 0 Å². The summed E-state index contributed by atoms with van der Waals surface area (Å²) in [6, 6.07) is 0.278. The molecule has 2 unspecified atom stereocenters. The molecule has 0 bridgehead atoms. The Morgan fingerprint density at radius 1 is 1.53 bits per heavy atom. The summed E-state index contributed by atoms with van der Waals surface area (Å²) in [5, 5.41) is 3.32. The van der Waals surface area contributed by atoms with Crippen LogP contribution in [0.5, 0.6) is 0 Å². The van der Waals surface area contributed by atoms with Crippen LogP contribution in [0.2, 0.25) is 0 Å². The molecule has 17 heavy (non-hydrogen) atoms. The van der Waals surface area contributed by atoms with Crippen molar-refractivity contribution in [2.75, 3.05) is 26.2 Å². The van der Waals surface area contributed by atoms with E-state index in [0.29, 0.717) is 12.5 Å². The fourth-order valence-corrected chi connectivity index (χ4v) is 2.75. The van der Waals surface area contributed by atoms with E-state index in [-0.39, 0.29) is 18.1 Å². The third-order valence-corrected chi connectivity index (χ3v) is 3.87. The van der Waals surface area contributed by atoms with Gasteiger partial charge in [-0.25, -0.2) is 0 Å². The summed E-state index contributed by atoms with van der Waals surface area (Å²) in [7, 11) is 0. The highest BCUT2D eigenvalue weighted by atomic mass is 16.5. The molecule has 98 valence electrons. The van der Waals surface area contributed by atoms with Gasteiger partial charge in [-0.3, -0.25) is 4.79 Å². The topological polar surface area (TPSA) is 41.6 Å². The van der Waals surface area contributed by atoms with Gasteiger partial charge in [-0.05, 0) is 32.7 Å². The van der Waals surface area contributed by atoms with Crippen LogP contribution in [0, 0.1) is 5.92 Å². The minimum absolute atomic E-state index is 0.179. The first-order valence-corrected chi connectivity index (χ1v) is 6.85. The molecule has 2 aliphatic rings. The van der Waals surface area contributed by atoms with E-state index in [2.05, 4.69) is 17.1 Å². The number of rotatable bonds is 2. The zero-order valence-electron chi connectivity index (χ0n) is 10.9. The van der Waals surface area contributed by atoms with Crippen LogP contribution in [0.1, 0.15) is 33.1 Å². The van der Waals surface area contributed by atoms with E-state index in [9.17, 15) is 4.79 Å². The second-order valence-electron chi connectivity index (χ2n) is 5.24. The molecule has 3 atom stereocenters. The van der Waals surface area contributed by atoms with Gasteiger partial charge in [-0.15, -0.1) is 0 Å². The second kappa shape index (κ2) is 5.83. The maximum Gasteiger partial charge on any atom is 0.227 e. The quantitative estimate of drug-likeness (QED) is 0.783. The fourth-order valence-electron chi connectivity index (χ4n) is 2.75. The summed E-state index contributed by atoms with van der Waals surface area (Å²) >= 11 is 0. The molecule has 2 heterocycles. The number of piperidine rings is 1. The van der Waals surface area contributed by atoms with Crippen LogP contribution in [0.4, 0.5) is 0 Å². The van der Waals surface area contributed by atoms with Gasteiger partial charge in [0.05, 0.1) is 24.7 Å². The molecular weight excluding hydrogens is 216 g/mol. The number of hydrogen-bond acceptors (Lipinski definition) is 3. The van der Waals surface area contributed by atoms with Gasteiger partial charge in [-0.2, -0.15) is 0 Å². The lowest BCUT2D eigenvalue weighted by molar-refractivity contribution is -0.149. The van der Waals surface area contributed by atoms with Crippen molar-refractivity contribution in [3.8, 4) is 0 Å². The van der Waals surface area contributed by atoms with E-state index in [1.165, 1.54) is 0 Å². The van der Waals surface area contributed by atoms with Crippen molar-refractivity contribution in [2.45, 2.75) is 45.3 Å². The van der Waals surface area contributed by atoms with Crippen molar-refractivity contribution in [3.05, 3.63) is 0 Å². The Labute approximate surface area is 104 Å². The van der Waals surface area contributed by atoms with Gasteiger partial charge in [0.1, 0.15) is 0 Å². The van der Waals surface area contributed by atoms with Crippen molar-refractivity contribution >= 4 is 5.91 Å². The Kier molecular flexibility index (Phi) is 4.40. The number of morpholine rings is 1. The summed E-state index contributed by atoms with van der Waals surface area (Å²) in [6.45, 7) is 7.54. The van der Waals surface area contributed by atoms with Crippen molar-refractivity contribution in [2.24, 2.45) is 5.92 Å². The molecule has 0 saturated carbocycles. The summed E-state index contributed by atoms with van der Waals surface area (Å²) < 4.78 is 5.64. The molecule has 2 rings (SSSR count). The molecule has 4 nitrogen and oxygen atoms in total. The van der Waals surface area contributed by atoms with E-state index >= 15 is 0 Å². The van der Waals surface area contributed by atoms with Crippen molar-refractivity contribution < 1.29 is 9.53 Å². The van der Waals surface area contributed by atoms with Crippen molar-refractivity contribution in [1.29, 1.82) is 0 Å². The van der Waals surface area contributed by atoms with Crippen molar-refractivity contribution in [1.82, 2.24) is 10.2 Å². The van der Waals surface area contributed by atoms with E-state index in [4.69, 9.17) is 4.74 Å². The number of nitrogens with one attached hydrogen (secondary N) is 1. The molecule has 2 aliphatic heterocycles. The van der Waals surface area contributed by atoms with Crippen LogP contribution in [0.15, 0.2) is 0 Å². The van der Waals surface area contributed by atoms with Gasteiger partial charge in [0, 0.05) is 13.1 Å². The lowest BCUT2D eigenvalue weighted by atomic mass is 9.96. The van der Waals surface area contributed by atoms with Gasteiger partial charge < -0.3 is 15.0 Å². The first kappa shape index (κ1) is 12.8. The molecule has 0 aromatic heterocycles. The summed E-state index contributed by atoms with van der Waals surface area (Å²) in [5.74, 6) is 0.516. The average Bonchev–Trinajstić information content (AvgIpc) is 2.39. The third-order valence-electron chi connectivity index (χ3n) is 3.87.